The Morgan fingerprint density at radius 1 is 1.36 bits per heavy atom. The first-order valence-electron chi connectivity index (χ1n) is 11.0. The molecule has 0 radical (unpaired) electrons. The summed E-state index contributed by atoms with van der Waals surface area (Å²) in [5.41, 5.74) is 11.8. The van der Waals surface area contributed by atoms with E-state index in [0.717, 1.165) is 42.0 Å². The predicted molar refractivity (Wildman–Crippen MR) is 132 cm³/mol. The second kappa shape index (κ2) is 11.4. The summed E-state index contributed by atoms with van der Waals surface area (Å²) >= 11 is 0. The van der Waals surface area contributed by atoms with Crippen molar-refractivity contribution in [2.24, 2.45) is 10.7 Å². The van der Waals surface area contributed by atoms with Crippen LogP contribution in [0.2, 0.25) is 0 Å². The Morgan fingerprint density at radius 2 is 2.18 bits per heavy atom. The maximum Gasteiger partial charge on any atom is 0.330 e. The summed E-state index contributed by atoms with van der Waals surface area (Å²) in [6.07, 6.45) is 9.32. The van der Waals surface area contributed by atoms with Gasteiger partial charge in [0, 0.05) is 61.6 Å². The number of methoxy groups -OCH3 is 1. The Morgan fingerprint density at radius 3 is 2.91 bits per heavy atom. The molecule has 0 aliphatic carbocycles. The molecule has 1 aromatic heterocycles. The first-order chi connectivity index (χ1) is 15.9. The summed E-state index contributed by atoms with van der Waals surface area (Å²) in [6.45, 7) is 8.46. The molecular formula is C25H32N6O2. The van der Waals surface area contributed by atoms with Crippen molar-refractivity contribution in [1.82, 2.24) is 14.9 Å². The molecule has 0 amide bonds. The largest absolute Gasteiger partial charge is 0.466 e. The fraction of sp³-hybridized carbons (Fsp3) is 0.360. The number of esters is 1. The summed E-state index contributed by atoms with van der Waals surface area (Å²) in [4.78, 5) is 27.1. The second-order valence-corrected chi connectivity index (χ2v) is 8.24. The minimum Gasteiger partial charge on any atom is -0.466 e. The van der Waals surface area contributed by atoms with Crippen molar-refractivity contribution in [2.75, 3.05) is 25.5 Å². The number of nitrogens with two attached hydrogens (primary N) is 1. The van der Waals surface area contributed by atoms with E-state index in [2.05, 4.69) is 42.0 Å². The molecule has 0 saturated heterocycles. The van der Waals surface area contributed by atoms with E-state index in [9.17, 15) is 4.79 Å². The molecule has 8 nitrogen and oxygen atoms in total. The summed E-state index contributed by atoms with van der Waals surface area (Å²) in [5, 5.41) is 3.32. The number of rotatable bonds is 8. The van der Waals surface area contributed by atoms with E-state index in [0.29, 0.717) is 12.5 Å². The lowest BCUT2D eigenvalue weighted by Crippen LogP contribution is -2.30. The summed E-state index contributed by atoms with van der Waals surface area (Å²) in [6, 6.07) is 6.49. The third-order valence-electron chi connectivity index (χ3n) is 5.31. The number of hydrogen-bond donors (Lipinski definition) is 2. The van der Waals surface area contributed by atoms with E-state index >= 15 is 0 Å². The average molecular weight is 449 g/mol. The van der Waals surface area contributed by atoms with Gasteiger partial charge in [-0.3, -0.25) is 9.89 Å². The number of aliphatic imine (C=N–C) groups is 1. The molecule has 0 fully saturated rings. The Bertz CT molecular complexity index is 1070. The number of allylic oxidation sites excluding steroid dienone is 1. The normalized spacial score (nSPS) is 14.8. The van der Waals surface area contributed by atoms with Gasteiger partial charge >= 0.3 is 5.97 Å². The van der Waals surface area contributed by atoms with Crippen molar-refractivity contribution < 1.29 is 9.53 Å². The number of nitrogens with zero attached hydrogens (tertiary/aromatic N) is 4. The zero-order chi connectivity index (χ0) is 23.8. The third-order valence-corrected chi connectivity index (χ3v) is 5.31. The van der Waals surface area contributed by atoms with Crippen molar-refractivity contribution in [2.45, 2.75) is 39.8 Å². The molecule has 0 unspecified atom stereocenters. The lowest BCUT2D eigenvalue weighted by atomic mass is 9.99. The molecule has 1 aromatic carbocycles. The van der Waals surface area contributed by atoms with E-state index in [1.165, 1.54) is 30.5 Å². The highest BCUT2D eigenvalue weighted by atomic mass is 16.5. The number of aryl methyl sites for hydroxylation is 1. The standard InChI is InChI=1S/C25H32N6O2/c1-17(2)27-15-21(13-26)24-18(3)14-28-25(30-24)29-22-8-7-20-16-31(11-9-19(20)12-22)10-5-6-23(32)33-4/h5-8,12-15,17H,9-11,16,26H2,1-4H3,(H,28,29,30)/b6-5+,21-13+,27-15?. The topological polar surface area (TPSA) is 106 Å². The highest BCUT2D eigenvalue weighted by Crippen LogP contribution is 2.25. The van der Waals surface area contributed by atoms with Crippen molar-refractivity contribution >= 4 is 29.4 Å². The summed E-state index contributed by atoms with van der Waals surface area (Å²) < 4.78 is 4.64. The highest BCUT2D eigenvalue weighted by Gasteiger charge is 2.16. The van der Waals surface area contributed by atoms with E-state index in [-0.39, 0.29) is 12.0 Å². The summed E-state index contributed by atoms with van der Waals surface area (Å²) in [5.74, 6) is 0.184. The number of ether oxygens (including phenoxy) is 1. The first kappa shape index (κ1) is 24.1. The molecule has 2 aromatic rings. The minimum absolute atomic E-state index is 0.176. The number of benzene rings is 1. The van der Waals surface area contributed by atoms with Crippen LogP contribution in [0.5, 0.6) is 0 Å². The molecule has 3 rings (SSSR count). The molecule has 0 bridgehead atoms. The number of fused-ring (bicyclic) bond motifs is 1. The molecule has 174 valence electrons. The van der Waals surface area contributed by atoms with Gasteiger partial charge in [-0.25, -0.2) is 14.8 Å². The number of carbonyl (C=O) groups excluding carboxylic acids is 1. The molecule has 2 heterocycles. The summed E-state index contributed by atoms with van der Waals surface area (Å²) in [7, 11) is 1.38. The van der Waals surface area contributed by atoms with E-state index in [1.54, 1.807) is 12.4 Å². The van der Waals surface area contributed by atoms with Crippen LogP contribution in [0, 0.1) is 6.92 Å². The molecule has 0 saturated carbocycles. The van der Waals surface area contributed by atoms with E-state index in [4.69, 9.17) is 5.73 Å². The number of nitrogens with one attached hydrogen (secondary N) is 1. The fourth-order valence-corrected chi connectivity index (χ4v) is 3.55. The molecule has 1 aliphatic rings. The lowest BCUT2D eigenvalue weighted by Gasteiger charge is -2.28. The van der Waals surface area contributed by atoms with Crippen LogP contribution in [0.4, 0.5) is 11.6 Å². The predicted octanol–water partition coefficient (Wildman–Crippen LogP) is 3.39. The van der Waals surface area contributed by atoms with Gasteiger partial charge in [0.15, 0.2) is 0 Å². The first-order valence-corrected chi connectivity index (χ1v) is 11.0. The minimum atomic E-state index is -0.328. The molecule has 3 N–H and O–H groups in total. The number of carbonyl (C=O) groups is 1. The Labute approximate surface area is 195 Å². The maximum absolute atomic E-state index is 11.2. The van der Waals surface area contributed by atoms with Crippen molar-refractivity contribution in [3.8, 4) is 0 Å². The van der Waals surface area contributed by atoms with Crippen LogP contribution in [-0.2, 0) is 22.5 Å². The van der Waals surface area contributed by atoms with Crippen LogP contribution in [0.25, 0.3) is 5.57 Å². The van der Waals surface area contributed by atoms with Gasteiger partial charge < -0.3 is 15.8 Å². The number of aromatic nitrogens is 2. The highest BCUT2D eigenvalue weighted by molar-refractivity contribution is 6.09. The smallest absolute Gasteiger partial charge is 0.330 e. The van der Waals surface area contributed by atoms with E-state index < -0.39 is 0 Å². The van der Waals surface area contributed by atoms with Crippen LogP contribution >= 0.6 is 0 Å². The monoisotopic (exact) mass is 448 g/mol. The molecule has 33 heavy (non-hydrogen) atoms. The second-order valence-electron chi connectivity index (χ2n) is 8.24. The van der Waals surface area contributed by atoms with Crippen molar-refractivity contribution in [3.05, 3.63) is 65.1 Å². The number of hydrogen-bond acceptors (Lipinski definition) is 8. The van der Waals surface area contributed by atoms with Crippen LogP contribution < -0.4 is 11.1 Å². The number of anilines is 2. The van der Waals surface area contributed by atoms with Gasteiger partial charge in [0.2, 0.25) is 5.95 Å². The van der Waals surface area contributed by atoms with Gasteiger partial charge in [-0.2, -0.15) is 0 Å². The lowest BCUT2D eigenvalue weighted by molar-refractivity contribution is -0.134. The molecule has 8 heteroatoms. The Balaban J connectivity index is 1.71. The molecule has 0 spiro atoms. The van der Waals surface area contributed by atoms with Crippen LogP contribution in [0.1, 0.15) is 36.2 Å². The SMILES string of the molecule is COC(=O)/C=C/CN1CCc2cc(Nc3ncc(C)c(/C(C=NC(C)C)=C/N)n3)ccc2C1. The zero-order valence-electron chi connectivity index (χ0n) is 19.7. The van der Waals surface area contributed by atoms with Gasteiger partial charge in [0.25, 0.3) is 0 Å². The quantitative estimate of drug-likeness (QED) is 0.362. The van der Waals surface area contributed by atoms with Crippen LogP contribution in [0.15, 0.2) is 47.7 Å². The van der Waals surface area contributed by atoms with Crippen molar-refractivity contribution in [1.29, 1.82) is 0 Å². The molecular weight excluding hydrogens is 416 g/mol. The van der Waals surface area contributed by atoms with Crippen LogP contribution in [-0.4, -0.2) is 53.3 Å². The molecule has 1 aliphatic heterocycles. The average Bonchev–Trinajstić information content (AvgIpc) is 2.81. The van der Waals surface area contributed by atoms with Gasteiger partial charge in [-0.05, 0) is 56.0 Å². The van der Waals surface area contributed by atoms with Gasteiger partial charge in [0.05, 0.1) is 12.8 Å². The van der Waals surface area contributed by atoms with Gasteiger partial charge in [-0.15, -0.1) is 0 Å². The van der Waals surface area contributed by atoms with Gasteiger partial charge in [-0.1, -0.05) is 12.1 Å². The fourth-order valence-electron chi connectivity index (χ4n) is 3.55. The Hall–Kier alpha value is -3.52. The maximum atomic E-state index is 11.2. The third kappa shape index (κ3) is 6.73. The Kier molecular flexibility index (Phi) is 8.32. The molecule has 0 atom stereocenters. The van der Waals surface area contributed by atoms with E-state index in [1.807, 2.05) is 32.9 Å². The van der Waals surface area contributed by atoms with Gasteiger partial charge in [0.1, 0.15) is 0 Å². The zero-order valence-corrected chi connectivity index (χ0v) is 19.7. The van der Waals surface area contributed by atoms with Crippen LogP contribution in [0.3, 0.4) is 0 Å². The van der Waals surface area contributed by atoms with Crippen molar-refractivity contribution in [3.63, 3.8) is 0 Å².